The number of rotatable bonds is 42. The smallest absolute Gasteiger partial charge is 0.457 e. The van der Waals surface area contributed by atoms with E-state index in [0.29, 0.717) is 13.0 Å². The Morgan fingerprint density at radius 1 is 0.534 bits per heavy atom. The van der Waals surface area contributed by atoms with E-state index in [1.165, 1.54) is 44.9 Å². The van der Waals surface area contributed by atoms with Gasteiger partial charge in [-0.3, -0.25) is 13.8 Å². The summed E-state index contributed by atoms with van der Waals surface area (Å²) in [5, 5.41) is 18.4. The number of ether oxygens (including phenoxy) is 2. The Balaban J connectivity index is 4.20. The fraction of sp³-hybridized carbons (Fsp3) is 0.688. The Labute approximate surface area is 354 Å². The highest BCUT2D eigenvalue weighted by atomic mass is 31.2. The number of carbonyl (C=O) groups excluding carboxylic acids is 1. The molecular formula is C48H83O9P. The van der Waals surface area contributed by atoms with Crippen LogP contribution in [-0.4, -0.2) is 66.3 Å². The molecule has 0 heterocycles. The van der Waals surface area contributed by atoms with Gasteiger partial charge in [0.25, 0.3) is 0 Å². The Bertz CT molecular complexity index is 1170. The van der Waals surface area contributed by atoms with Gasteiger partial charge in [-0.15, -0.1) is 0 Å². The second-order valence-electron chi connectivity index (χ2n) is 14.7. The molecule has 9 nitrogen and oxygen atoms in total. The van der Waals surface area contributed by atoms with Gasteiger partial charge in [-0.05, 0) is 83.5 Å². The summed E-state index contributed by atoms with van der Waals surface area (Å²) >= 11 is 0. The van der Waals surface area contributed by atoms with E-state index in [0.717, 1.165) is 96.3 Å². The van der Waals surface area contributed by atoms with Crippen LogP contribution in [0.25, 0.3) is 0 Å². The van der Waals surface area contributed by atoms with E-state index in [1.807, 2.05) is 0 Å². The van der Waals surface area contributed by atoms with Gasteiger partial charge in [0.15, 0.2) is 0 Å². The number of aliphatic hydroxyl groups excluding tert-OH is 2. The maximum Gasteiger partial charge on any atom is 0.472 e. The minimum Gasteiger partial charge on any atom is -0.457 e. The number of hydrogen-bond donors (Lipinski definition) is 3. The summed E-state index contributed by atoms with van der Waals surface area (Å²) in [7, 11) is -4.53. The zero-order valence-electron chi connectivity index (χ0n) is 36.5. The molecule has 0 aromatic rings. The van der Waals surface area contributed by atoms with E-state index in [2.05, 4.69) is 98.9 Å². The summed E-state index contributed by atoms with van der Waals surface area (Å²) in [5.74, 6) is -0.400. The molecule has 0 aliphatic rings. The van der Waals surface area contributed by atoms with Crippen LogP contribution in [0.1, 0.15) is 168 Å². The lowest BCUT2D eigenvalue weighted by Crippen LogP contribution is -2.29. The lowest BCUT2D eigenvalue weighted by Gasteiger charge is -2.20. The standard InChI is InChI=1S/C48H83O9P/c1-3-5-7-9-11-13-15-17-19-21-22-23-25-27-29-31-33-35-37-39-41-54-44-47(45-56-58(52,53)55-43-46(50)42-49)57-48(51)40-38-36-34-32-30-28-26-24-20-18-16-14-12-10-8-6-4-2/h5-8,11-14,17-20,22-23,46-47,49-50H,3-4,9-10,15-16,21,24-45H2,1-2H3,(H,52,53)/b7-5-,8-6-,13-11-,14-12-,19-17-,20-18-,23-22-. The van der Waals surface area contributed by atoms with Gasteiger partial charge in [-0.1, -0.05) is 163 Å². The average Bonchev–Trinajstić information content (AvgIpc) is 3.21. The molecular weight excluding hydrogens is 751 g/mol. The van der Waals surface area contributed by atoms with Gasteiger partial charge < -0.3 is 24.6 Å². The molecule has 0 saturated carbocycles. The van der Waals surface area contributed by atoms with Crippen LogP contribution in [0.15, 0.2) is 85.1 Å². The summed E-state index contributed by atoms with van der Waals surface area (Å²) in [6.07, 6.45) is 53.9. The largest absolute Gasteiger partial charge is 0.472 e. The fourth-order valence-electron chi connectivity index (χ4n) is 5.71. The van der Waals surface area contributed by atoms with E-state index >= 15 is 0 Å². The summed E-state index contributed by atoms with van der Waals surface area (Å²) in [6, 6.07) is 0. The molecule has 10 heteroatoms. The van der Waals surface area contributed by atoms with Gasteiger partial charge >= 0.3 is 13.8 Å². The van der Waals surface area contributed by atoms with Crippen LogP contribution in [0.4, 0.5) is 0 Å². The predicted octanol–water partition coefficient (Wildman–Crippen LogP) is 12.7. The second kappa shape index (κ2) is 44.2. The van der Waals surface area contributed by atoms with Crippen LogP contribution < -0.4 is 0 Å². The van der Waals surface area contributed by atoms with Gasteiger partial charge in [0, 0.05) is 13.0 Å². The van der Waals surface area contributed by atoms with E-state index < -0.39 is 45.8 Å². The van der Waals surface area contributed by atoms with E-state index in [1.54, 1.807) is 0 Å². The molecule has 0 saturated heterocycles. The highest BCUT2D eigenvalue weighted by Gasteiger charge is 2.26. The predicted molar refractivity (Wildman–Crippen MR) is 242 cm³/mol. The molecule has 0 bridgehead atoms. The maximum absolute atomic E-state index is 12.6. The first kappa shape index (κ1) is 55.6. The Hall–Kier alpha value is -2.36. The normalized spacial score (nSPS) is 14.8. The quantitative estimate of drug-likeness (QED) is 0.0238. The van der Waals surface area contributed by atoms with Crippen LogP contribution in [-0.2, 0) is 27.9 Å². The summed E-state index contributed by atoms with van der Waals surface area (Å²) in [5.41, 5.74) is 0. The van der Waals surface area contributed by atoms with Gasteiger partial charge in [-0.2, -0.15) is 0 Å². The number of unbranched alkanes of at least 4 members (excludes halogenated alkanes) is 14. The second-order valence-corrected chi connectivity index (χ2v) is 16.1. The van der Waals surface area contributed by atoms with Crippen LogP contribution in [0.5, 0.6) is 0 Å². The molecule has 0 rings (SSSR count). The molecule has 0 spiro atoms. The van der Waals surface area contributed by atoms with Crippen molar-refractivity contribution in [3.8, 4) is 0 Å². The van der Waals surface area contributed by atoms with Crippen molar-refractivity contribution in [2.24, 2.45) is 0 Å². The number of carbonyl (C=O) groups is 1. The zero-order valence-corrected chi connectivity index (χ0v) is 37.4. The van der Waals surface area contributed by atoms with Crippen LogP contribution in [0, 0.1) is 0 Å². The number of phosphoric ester groups is 1. The molecule has 0 aromatic heterocycles. The molecule has 58 heavy (non-hydrogen) atoms. The summed E-state index contributed by atoms with van der Waals surface area (Å²) in [4.78, 5) is 22.6. The first-order valence-electron chi connectivity index (χ1n) is 22.6. The molecule has 0 amide bonds. The monoisotopic (exact) mass is 835 g/mol. The third-order valence-electron chi connectivity index (χ3n) is 9.08. The molecule has 0 fully saturated rings. The zero-order chi connectivity index (χ0) is 42.5. The summed E-state index contributed by atoms with van der Waals surface area (Å²) in [6.45, 7) is 3.24. The van der Waals surface area contributed by atoms with Crippen LogP contribution >= 0.6 is 7.82 Å². The highest BCUT2D eigenvalue weighted by Crippen LogP contribution is 2.43. The van der Waals surface area contributed by atoms with Crippen LogP contribution in [0.3, 0.4) is 0 Å². The third kappa shape index (κ3) is 43.2. The van der Waals surface area contributed by atoms with Crippen molar-refractivity contribution in [1.82, 2.24) is 0 Å². The minimum atomic E-state index is -4.53. The Morgan fingerprint density at radius 2 is 0.931 bits per heavy atom. The number of allylic oxidation sites excluding steroid dienone is 14. The number of phosphoric acid groups is 1. The van der Waals surface area contributed by atoms with Crippen molar-refractivity contribution in [1.29, 1.82) is 0 Å². The Kier molecular flexibility index (Phi) is 42.4. The van der Waals surface area contributed by atoms with E-state index in [9.17, 15) is 19.4 Å². The molecule has 3 atom stereocenters. The molecule has 0 aliphatic carbocycles. The SMILES string of the molecule is CC/C=C\C/C=C\C/C=C\C/C=C\CCCCCCCCCOCC(COP(=O)(O)OCC(O)CO)OC(=O)CCCCCCCCC/C=C\C/C=C\C/C=C\CC. The number of aliphatic hydroxyl groups is 2. The fourth-order valence-corrected chi connectivity index (χ4v) is 6.50. The lowest BCUT2D eigenvalue weighted by atomic mass is 10.1. The topological polar surface area (TPSA) is 132 Å². The first-order valence-corrected chi connectivity index (χ1v) is 24.1. The van der Waals surface area contributed by atoms with Gasteiger partial charge in [-0.25, -0.2) is 4.57 Å². The van der Waals surface area contributed by atoms with Gasteiger partial charge in [0.05, 0.1) is 26.4 Å². The number of esters is 1. The molecule has 0 aliphatic heterocycles. The average molecular weight is 835 g/mol. The van der Waals surface area contributed by atoms with Crippen molar-refractivity contribution < 1.29 is 43.0 Å². The molecule has 0 radical (unpaired) electrons. The highest BCUT2D eigenvalue weighted by molar-refractivity contribution is 7.47. The van der Waals surface area contributed by atoms with Crippen molar-refractivity contribution in [3.63, 3.8) is 0 Å². The molecule has 3 unspecified atom stereocenters. The van der Waals surface area contributed by atoms with E-state index in [4.69, 9.17) is 23.6 Å². The minimum absolute atomic E-state index is 0.0326. The van der Waals surface area contributed by atoms with Gasteiger partial charge in [0.1, 0.15) is 12.2 Å². The van der Waals surface area contributed by atoms with E-state index in [-0.39, 0.29) is 13.0 Å². The van der Waals surface area contributed by atoms with Crippen molar-refractivity contribution >= 4 is 13.8 Å². The van der Waals surface area contributed by atoms with Crippen molar-refractivity contribution in [2.75, 3.05) is 33.0 Å². The molecule has 334 valence electrons. The molecule has 3 N–H and O–H groups in total. The molecule has 0 aromatic carbocycles. The van der Waals surface area contributed by atoms with Crippen LogP contribution in [0.2, 0.25) is 0 Å². The summed E-state index contributed by atoms with van der Waals surface area (Å²) < 4.78 is 33.4. The lowest BCUT2D eigenvalue weighted by molar-refractivity contribution is -0.154. The first-order chi connectivity index (χ1) is 28.3. The van der Waals surface area contributed by atoms with Crippen molar-refractivity contribution in [2.45, 2.75) is 180 Å². The van der Waals surface area contributed by atoms with Gasteiger partial charge in [0.2, 0.25) is 0 Å². The van der Waals surface area contributed by atoms with Crippen molar-refractivity contribution in [3.05, 3.63) is 85.1 Å². The third-order valence-corrected chi connectivity index (χ3v) is 10.0. The Morgan fingerprint density at radius 3 is 1.40 bits per heavy atom. The maximum atomic E-state index is 12.6. The number of hydrogen-bond acceptors (Lipinski definition) is 8.